The van der Waals surface area contributed by atoms with Crippen LogP contribution in [0, 0.1) is 11.3 Å². The zero-order valence-electron chi connectivity index (χ0n) is 9.26. The summed E-state index contributed by atoms with van der Waals surface area (Å²) in [7, 11) is 0. The van der Waals surface area contributed by atoms with E-state index in [4.69, 9.17) is 4.84 Å². The van der Waals surface area contributed by atoms with Gasteiger partial charge in [-0.05, 0) is 37.5 Å². The van der Waals surface area contributed by atoms with Gasteiger partial charge in [-0.15, -0.1) is 0 Å². The molecule has 0 aromatic heterocycles. The molecule has 0 amide bonds. The zero-order chi connectivity index (χ0) is 9.90. The fourth-order valence-electron chi connectivity index (χ4n) is 2.34. The van der Waals surface area contributed by atoms with Gasteiger partial charge in [0.2, 0.25) is 0 Å². The van der Waals surface area contributed by atoms with Gasteiger partial charge in [0.1, 0.15) is 6.61 Å². The molecule has 0 spiro atoms. The molecule has 0 heterocycles. The second-order valence-electron chi connectivity index (χ2n) is 4.93. The van der Waals surface area contributed by atoms with Crippen LogP contribution in [0.3, 0.4) is 0 Å². The van der Waals surface area contributed by atoms with Gasteiger partial charge in [-0.25, -0.2) is 0 Å². The summed E-state index contributed by atoms with van der Waals surface area (Å²) in [6.07, 6.45) is 3.51. The third kappa shape index (κ3) is 3.37. The number of hydrogen-bond acceptors (Lipinski definition) is 2. The molecule has 1 aliphatic rings. The van der Waals surface area contributed by atoms with E-state index in [2.05, 4.69) is 25.9 Å². The predicted molar refractivity (Wildman–Crippen MR) is 55.9 cm³/mol. The molecular formula is C11H21NO. The first-order valence-corrected chi connectivity index (χ1v) is 5.21. The van der Waals surface area contributed by atoms with Gasteiger partial charge in [-0.1, -0.05) is 25.9 Å². The lowest BCUT2D eigenvalue weighted by Gasteiger charge is -2.34. The molecule has 0 saturated heterocycles. The number of hydrogen-bond donors (Lipinski definition) is 0. The maximum Gasteiger partial charge on any atom is 0.114 e. The molecule has 1 aliphatic carbocycles. The Kier molecular flexibility index (Phi) is 3.34. The molecule has 2 nitrogen and oxygen atoms in total. The van der Waals surface area contributed by atoms with E-state index in [-0.39, 0.29) is 0 Å². The molecule has 0 aliphatic heterocycles. The molecule has 0 aromatic rings. The third-order valence-corrected chi connectivity index (χ3v) is 2.49. The van der Waals surface area contributed by atoms with Crippen molar-refractivity contribution in [2.45, 2.75) is 47.0 Å². The second-order valence-corrected chi connectivity index (χ2v) is 4.93. The van der Waals surface area contributed by atoms with Crippen molar-refractivity contribution in [1.29, 1.82) is 0 Å². The summed E-state index contributed by atoms with van der Waals surface area (Å²) in [5.41, 5.74) is 1.65. The van der Waals surface area contributed by atoms with Crippen LogP contribution < -0.4 is 0 Å². The summed E-state index contributed by atoms with van der Waals surface area (Å²) in [6, 6.07) is 0. The molecule has 1 saturated carbocycles. The maximum atomic E-state index is 5.10. The first-order valence-electron chi connectivity index (χ1n) is 5.21. The van der Waals surface area contributed by atoms with Gasteiger partial charge >= 0.3 is 0 Å². The average molecular weight is 183 g/mol. The highest BCUT2D eigenvalue weighted by atomic mass is 16.6. The zero-order valence-corrected chi connectivity index (χ0v) is 9.26. The Morgan fingerprint density at radius 3 is 2.77 bits per heavy atom. The van der Waals surface area contributed by atoms with Crippen LogP contribution in [0.25, 0.3) is 0 Å². The largest absolute Gasteiger partial charge is 0.396 e. The molecule has 76 valence electrons. The Morgan fingerprint density at radius 1 is 1.54 bits per heavy atom. The van der Waals surface area contributed by atoms with Crippen LogP contribution in [-0.2, 0) is 4.84 Å². The lowest BCUT2D eigenvalue weighted by atomic mass is 9.72. The maximum absolute atomic E-state index is 5.10. The van der Waals surface area contributed by atoms with Crippen LogP contribution in [0.15, 0.2) is 5.16 Å². The number of oxime groups is 1. The van der Waals surface area contributed by atoms with Crippen LogP contribution in [0.2, 0.25) is 0 Å². The summed E-state index contributed by atoms with van der Waals surface area (Å²) in [4.78, 5) is 5.10. The summed E-state index contributed by atoms with van der Waals surface area (Å²) in [6.45, 7) is 9.57. The Hall–Kier alpha value is -0.530. The first-order chi connectivity index (χ1) is 6.03. The van der Waals surface area contributed by atoms with Crippen molar-refractivity contribution < 1.29 is 4.84 Å². The van der Waals surface area contributed by atoms with E-state index in [9.17, 15) is 0 Å². The SMILES string of the molecule is CCO/N=C1/CC(C)CC(C)(C)C1. The Bertz CT molecular complexity index is 196. The Morgan fingerprint density at radius 2 is 2.23 bits per heavy atom. The van der Waals surface area contributed by atoms with E-state index in [1.165, 1.54) is 12.1 Å². The molecule has 1 atom stereocenters. The topological polar surface area (TPSA) is 21.6 Å². The van der Waals surface area contributed by atoms with Crippen LogP contribution in [0.5, 0.6) is 0 Å². The van der Waals surface area contributed by atoms with Crippen molar-refractivity contribution in [3.05, 3.63) is 0 Å². The fraction of sp³-hybridized carbons (Fsp3) is 0.909. The standard InChI is InChI=1S/C11H21NO/c1-5-13-12-10-6-9(2)7-11(3,4)8-10/h9H,5-8H2,1-4H3/b12-10-. The molecular weight excluding hydrogens is 162 g/mol. The van der Waals surface area contributed by atoms with Crippen molar-refractivity contribution in [2.24, 2.45) is 16.5 Å². The average Bonchev–Trinajstić information content (AvgIpc) is 1.97. The van der Waals surface area contributed by atoms with Crippen molar-refractivity contribution in [3.63, 3.8) is 0 Å². The number of rotatable bonds is 2. The van der Waals surface area contributed by atoms with E-state index in [0.717, 1.165) is 18.8 Å². The van der Waals surface area contributed by atoms with E-state index in [0.29, 0.717) is 12.0 Å². The van der Waals surface area contributed by atoms with Gasteiger partial charge in [0.15, 0.2) is 0 Å². The van der Waals surface area contributed by atoms with Crippen LogP contribution in [0.1, 0.15) is 47.0 Å². The van der Waals surface area contributed by atoms with Crippen LogP contribution in [-0.4, -0.2) is 12.3 Å². The highest BCUT2D eigenvalue weighted by Gasteiger charge is 2.29. The van der Waals surface area contributed by atoms with Gasteiger partial charge in [-0.3, -0.25) is 0 Å². The molecule has 13 heavy (non-hydrogen) atoms. The van der Waals surface area contributed by atoms with Gasteiger partial charge < -0.3 is 4.84 Å². The summed E-state index contributed by atoms with van der Waals surface area (Å²) >= 11 is 0. The van der Waals surface area contributed by atoms with Crippen molar-refractivity contribution >= 4 is 5.71 Å². The summed E-state index contributed by atoms with van der Waals surface area (Å²) in [5.74, 6) is 0.753. The molecule has 0 aromatic carbocycles. The predicted octanol–water partition coefficient (Wildman–Crippen LogP) is 3.23. The monoisotopic (exact) mass is 183 g/mol. The molecule has 1 fully saturated rings. The lowest BCUT2D eigenvalue weighted by molar-refractivity contribution is 0.151. The minimum Gasteiger partial charge on any atom is -0.396 e. The van der Waals surface area contributed by atoms with Crippen LogP contribution >= 0.6 is 0 Å². The fourth-order valence-corrected chi connectivity index (χ4v) is 2.34. The smallest absolute Gasteiger partial charge is 0.114 e. The molecule has 1 unspecified atom stereocenters. The second kappa shape index (κ2) is 4.12. The molecule has 2 heteroatoms. The molecule has 1 rings (SSSR count). The van der Waals surface area contributed by atoms with Gasteiger partial charge in [-0.2, -0.15) is 0 Å². The number of nitrogens with zero attached hydrogens (tertiary/aromatic N) is 1. The first kappa shape index (κ1) is 10.6. The quantitative estimate of drug-likeness (QED) is 0.602. The van der Waals surface area contributed by atoms with Crippen molar-refractivity contribution in [2.75, 3.05) is 6.61 Å². The van der Waals surface area contributed by atoms with E-state index >= 15 is 0 Å². The highest BCUT2D eigenvalue weighted by Crippen LogP contribution is 2.36. The highest BCUT2D eigenvalue weighted by molar-refractivity contribution is 5.85. The summed E-state index contributed by atoms with van der Waals surface area (Å²) in [5, 5.41) is 4.16. The van der Waals surface area contributed by atoms with E-state index in [1.807, 2.05) is 6.92 Å². The minimum absolute atomic E-state index is 0.410. The van der Waals surface area contributed by atoms with Gasteiger partial charge in [0.25, 0.3) is 0 Å². The van der Waals surface area contributed by atoms with Crippen molar-refractivity contribution in [3.8, 4) is 0 Å². The normalized spacial score (nSPS) is 30.5. The minimum atomic E-state index is 0.410. The van der Waals surface area contributed by atoms with Gasteiger partial charge in [0, 0.05) is 0 Å². The van der Waals surface area contributed by atoms with Gasteiger partial charge in [0.05, 0.1) is 5.71 Å². The lowest BCUT2D eigenvalue weighted by Crippen LogP contribution is -2.27. The van der Waals surface area contributed by atoms with E-state index in [1.54, 1.807) is 0 Å². The van der Waals surface area contributed by atoms with E-state index < -0.39 is 0 Å². The summed E-state index contributed by atoms with van der Waals surface area (Å²) < 4.78 is 0. The van der Waals surface area contributed by atoms with Crippen molar-refractivity contribution in [1.82, 2.24) is 0 Å². The van der Waals surface area contributed by atoms with Crippen LogP contribution in [0.4, 0.5) is 0 Å². The molecule has 0 bridgehead atoms. The molecule has 0 radical (unpaired) electrons. The third-order valence-electron chi connectivity index (χ3n) is 2.49. The Labute approximate surface area is 81.3 Å². The Balaban J connectivity index is 2.57. The molecule has 0 N–H and O–H groups in total.